The van der Waals surface area contributed by atoms with Crippen LogP contribution in [0, 0.1) is 0 Å². The van der Waals surface area contributed by atoms with E-state index in [1.807, 2.05) is 72.8 Å². The Morgan fingerprint density at radius 2 is 1.61 bits per heavy atom. The van der Waals surface area contributed by atoms with Gasteiger partial charge in [-0.25, -0.2) is 0 Å². The Bertz CT molecular complexity index is 1000. The lowest BCUT2D eigenvalue weighted by molar-refractivity contribution is -0.117. The minimum absolute atomic E-state index is 0.126. The largest absolute Gasteiger partial charge is 0.355 e. The van der Waals surface area contributed by atoms with Crippen LogP contribution in [0.3, 0.4) is 0 Å². The molecule has 0 spiro atoms. The second-order valence-electron chi connectivity index (χ2n) is 6.69. The number of amides is 2. The molecule has 0 aromatic heterocycles. The van der Waals surface area contributed by atoms with E-state index in [0.717, 1.165) is 30.0 Å². The van der Waals surface area contributed by atoms with Crippen molar-refractivity contribution in [2.45, 2.75) is 12.8 Å². The molecule has 0 unspecified atom stereocenters. The van der Waals surface area contributed by atoms with Gasteiger partial charge in [-0.3, -0.25) is 9.59 Å². The van der Waals surface area contributed by atoms with Gasteiger partial charge in [-0.15, -0.1) is 0 Å². The average molecular weight is 371 g/mol. The summed E-state index contributed by atoms with van der Waals surface area (Å²) in [5, 5.41) is 6.23. The van der Waals surface area contributed by atoms with Crippen molar-refractivity contribution >= 4 is 34.6 Å². The zero-order valence-corrected chi connectivity index (χ0v) is 15.4. The first-order valence-corrected chi connectivity index (χ1v) is 9.33. The highest BCUT2D eigenvalue weighted by molar-refractivity contribution is 6.08. The number of nitrogens with zero attached hydrogens (tertiary/aromatic N) is 1. The predicted molar refractivity (Wildman–Crippen MR) is 112 cm³/mol. The van der Waals surface area contributed by atoms with Gasteiger partial charge >= 0.3 is 0 Å². The molecular weight excluding hydrogens is 350 g/mol. The minimum Gasteiger partial charge on any atom is -0.355 e. The normalized spacial score (nSPS) is 13.4. The van der Waals surface area contributed by atoms with Gasteiger partial charge in [-0.1, -0.05) is 36.4 Å². The van der Waals surface area contributed by atoms with Crippen LogP contribution in [0.2, 0.25) is 0 Å². The number of benzene rings is 3. The summed E-state index contributed by atoms with van der Waals surface area (Å²) in [4.78, 5) is 26.6. The Balaban J connectivity index is 1.54. The van der Waals surface area contributed by atoms with Gasteiger partial charge < -0.3 is 15.5 Å². The van der Waals surface area contributed by atoms with E-state index in [4.69, 9.17) is 0 Å². The first-order chi connectivity index (χ1) is 13.7. The summed E-state index contributed by atoms with van der Waals surface area (Å²) in [5.41, 5.74) is 3.68. The van der Waals surface area contributed by atoms with E-state index in [2.05, 4.69) is 10.6 Å². The van der Waals surface area contributed by atoms with Crippen molar-refractivity contribution in [2.24, 2.45) is 0 Å². The highest BCUT2D eigenvalue weighted by Crippen LogP contribution is 2.26. The van der Waals surface area contributed by atoms with Gasteiger partial charge in [0.15, 0.2) is 0 Å². The van der Waals surface area contributed by atoms with Gasteiger partial charge in [-0.05, 0) is 48.9 Å². The van der Waals surface area contributed by atoms with Crippen LogP contribution in [0.5, 0.6) is 0 Å². The fourth-order valence-electron chi connectivity index (χ4n) is 3.34. The molecule has 1 aliphatic rings. The molecule has 0 aliphatic carbocycles. The molecule has 0 bridgehead atoms. The molecule has 3 aromatic carbocycles. The van der Waals surface area contributed by atoms with Crippen molar-refractivity contribution in [3.63, 3.8) is 0 Å². The lowest BCUT2D eigenvalue weighted by Gasteiger charge is -2.17. The zero-order valence-electron chi connectivity index (χ0n) is 15.4. The van der Waals surface area contributed by atoms with E-state index in [9.17, 15) is 9.59 Å². The van der Waals surface area contributed by atoms with E-state index < -0.39 is 0 Å². The Kier molecular flexibility index (Phi) is 5.06. The molecule has 140 valence electrons. The quantitative estimate of drug-likeness (QED) is 0.677. The average Bonchev–Trinajstić information content (AvgIpc) is 3.15. The molecule has 0 saturated carbocycles. The van der Waals surface area contributed by atoms with Crippen LogP contribution in [0.15, 0.2) is 78.9 Å². The molecule has 5 nitrogen and oxygen atoms in total. The number of anilines is 4. The van der Waals surface area contributed by atoms with Gasteiger partial charge in [0.25, 0.3) is 5.91 Å². The molecule has 1 heterocycles. The van der Waals surface area contributed by atoms with Gasteiger partial charge in [-0.2, -0.15) is 0 Å². The highest BCUT2D eigenvalue weighted by Gasteiger charge is 2.22. The maximum atomic E-state index is 12.9. The smallest absolute Gasteiger partial charge is 0.257 e. The van der Waals surface area contributed by atoms with Crippen LogP contribution in [-0.4, -0.2) is 18.4 Å². The van der Waals surface area contributed by atoms with Crippen LogP contribution in [0.1, 0.15) is 23.2 Å². The fourth-order valence-corrected chi connectivity index (χ4v) is 3.34. The molecule has 1 saturated heterocycles. The monoisotopic (exact) mass is 371 g/mol. The number of carbonyl (C=O) groups is 2. The lowest BCUT2D eigenvalue weighted by atomic mass is 10.1. The summed E-state index contributed by atoms with van der Waals surface area (Å²) in [5.74, 6) is -0.0789. The van der Waals surface area contributed by atoms with Crippen LogP contribution in [-0.2, 0) is 4.79 Å². The van der Waals surface area contributed by atoms with E-state index in [1.54, 1.807) is 11.0 Å². The van der Waals surface area contributed by atoms with E-state index >= 15 is 0 Å². The molecule has 0 radical (unpaired) electrons. The molecule has 3 aromatic rings. The first-order valence-electron chi connectivity index (χ1n) is 9.33. The van der Waals surface area contributed by atoms with Crippen LogP contribution >= 0.6 is 0 Å². The third kappa shape index (κ3) is 3.88. The van der Waals surface area contributed by atoms with Crippen LogP contribution < -0.4 is 15.5 Å². The van der Waals surface area contributed by atoms with Crippen molar-refractivity contribution < 1.29 is 9.59 Å². The Morgan fingerprint density at radius 3 is 2.39 bits per heavy atom. The fraction of sp³-hybridized carbons (Fsp3) is 0.130. The van der Waals surface area contributed by atoms with Crippen molar-refractivity contribution in [1.82, 2.24) is 0 Å². The summed E-state index contributed by atoms with van der Waals surface area (Å²) in [6, 6.07) is 24.5. The topological polar surface area (TPSA) is 61.4 Å². The Hall–Kier alpha value is -3.60. The minimum atomic E-state index is -0.205. The predicted octanol–water partition coefficient (Wildman–Crippen LogP) is 4.81. The van der Waals surface area contributed by atoms with Crippen molar-refractivity contribution in [1.29, 1.82) is 0 Å². The van der Waals surface area contributed by atoms with E-state index in [-0.39, 0.29) is 11.8 Å². The summed E-state index contributed by atoms with van der Waals surface area (Å²) < 4.78 is 0. The molecule has 2 amide bonds. The first kappa shape index (κ1) is 17.8. The zero-order chi connectivity index (χ0) is 19.3. The SMILES string of the molecule is O=C(Nc1cccc(N2CCCC2=O)c1)c1ccccc1Nc1ccccc1. The number of hydrogen-bond acceptors (Lipinski definition) is 3. The molecule has 28 heavy (non-hydrogen) atoms. The summed E-state index contributed by atoms with van der Waals surface area (Å²) >= 11 is 0. The molecule has 5 heteroatoms. The maximum Gasteiger partial charge on any atom is 0.257 e. The number of rotatable bonds is 5. The third-order valence-corrected chi connectivity index (χ3v) is 4.71. The molecule has 1 fully saturated rings. The van der Waals surface area contributed by atoms with Gasteiger partial charge in [0.1, 0.15) is 0 Å². The van der Waals surface area contributed by atoms with Gasteiger partial charge in [0.05, 0.1) is 11.3 Å². The summed E-state index contributed by atoms with van der Waals surface area (Å²) in [7, 11) is 0. The van der Waals surface area contributed by atoms with Crippen molar-refractivity contribution in [2.75, 3.05) is 22.1 Å². The second-order valence-corrected chi connectivity index (χ2v) is 6.69. The van der Waals surface area contributed by atoms with Gasteiger partial charge in [0.2, 0.25) is 5.91 Å². The van der Waals surface area contributed by atoms with Gasteiger partial charge in [0, 0.05) is 30.0 Å². The number of hydrogen-bond donors (Lipinski definition) is 2. The highest BCUT2D eigenvalue weighted by atomic mass is 16.2. The molecule has 2 N–H and O–H groups in total. The van der Waals surface area contributed by atoms with Crippen LogP contribution in [0.25, 0.3) is 0 Å². The molecule has 4 rings (SSSR count). The number of para-hydroxylation sites is 2. The van der Waals surface area contributed by atoms with E-state index in [1.165, 1.54) is 0 Å². The Labute approximate surface area is 164 Å². The standard InChI is InChI=1S/C23H21N3O2/c27-22-14-7-15-26(22)19-11-6-10-18(16-19)25-23(28)20-12-4-5-13-21(20)24-17-8-2-1-3-9-17/h1-6,8-13,16,24H,7,14-15H2,(H,25,28). The lowest BCUT2D eigenvalue weighted by Crippen LogP contribution is -2.23. The second kappa shape index (κ2) is 7.96. The van der Waals surface area contributed by atoms with Crippen LogP contribution in [0.4, 0.5) is 22.7 Å². The van der Waals surface area contributed by atoms with Crippen molar-refractivity contribution in [3.8, 4) is 0 Å². The van der Waals surface area contributed by atoms with Crippen molar-refractivity contribution in [3.05, 3.63) is 84.4 Å². The summed E-state index contributed by atoms with van der Waals surface area (Å²) in [6.07, 6.45) is 1.45. The number of carbonyl (C=O) groups excluding carboxylic acids is 2. The van der Waals surface area contributed by atoms with E-state index in [0.29, 0.717) is 17.7 Å². The maximum absolute atomic E-state index is 12.9. The molecular formula is C23H21N3O2. The Morgan fingerprint density at radius 1 is 0.857 bits per heavy atom. The number of nitrogens with one attached hydrogen (secondary N) is 2. The summed E-state index contributed by atoms with van der Waals surface area (Å²) in [6.45, 7) is 0.722. The molecule has 1 aliphatic heterocycles. The third-order valence-electron chi connectivity index (χ3n) is 4.71. The molecule has 0 atom stereocenters.